The number of hydrogen-bond acceptors (Lipinski definition) is 10. The first kappa shape index (κ1) is 31.1. The van der Waals surface area contributed by atoms with Gasteiger partial charge in [0.25, 0.3) is 11.8 Å². The highest BCUT2D eigenvalue weighted by molar-refractivity contribution is 6.02. The largest absolute Gasteiger partial charge is 0.493 e. The van der Waals surface area contributed by atoms with Crippen LogP contribution in [0, 0.1) is 0 Å². The highest BCUT2D eigenvalue weighted by atomic mass is 16.5. The van der Waals surface area contributed by atoms with Gasteiger partial charge in [0.1, 0.15) is 36.3 Å². The number of carbonyl (C=O) groups is 3. The Labute approximate surface area is 270 Å². The minimum atomic E-state index is -0.956. The molecular weight excluding hydrogens is 602 g/mol. The van der Waals surface area contributed by atoms with Gasteiger partial charge in [0.2, 0.25) is 5.82 Å². The summed E-state index contributed by atoms with van der Waals surface area (Å²) < 4.78 is 16.7. The zero-order valence-electron chi connectivity index (χ0n) is 26.1. The van der Waals surface area contributed by atoms with E-state index in [-0.39, 0.29) is 37.0 Å². The Morgan fingerprint density at radius 1 is 1.02 bits per heavy atom. The van der Waals surface area contributed by atoms with Crippen molar-refractivity contribution in [1.82, 2.24) is 30.5 Å². The van der Waals surface area contributed by atoms with Gasteiger partial charge in [0.05, 0.1) is 31.1 Å². The van der Waals surface area contributed by atoms with Crippen LogP contribution in [0.15, 0.2) is 67.0 Å². The van der Waals surface area contributed by atoms with Crippen molar-refractivity contribution in [1.29, 1.82) is 0 Å². The van der Waals surface area contributed by atoms with Gasteiger partial charge in [-0.3, -0.25) is 19.5 Å². The highest BCUT2D eigenvalue weighted by Crippen LogP contribution is 2.33. The molecule has 47 heavy (non-hydrogen) atoms. The number of hydrogen-bond donors (Lipinski definition) is 2. The Bertz CT molecular complexity index is 1940. The number of H-pyrrole nitrogens is 1. The molecule has 0 spiro atoms. The number of amides is 2. The molecule has 2 N–H and O–H groups in total. The Morgan fingerprint density at radius 3 is 2.60 bits per heavy atom. The van der Waals surface area contributed by atoms with Gasteiger partial charge < -0.3 is 24.4 Å². The van der Waals surface area contributed by atoms with Crippen LogP contribution < -0.4 is 24.4 Å². The monoisotopic (exact) mass is 635 g/mol. The van der Waals surface area contributed by atoms with Crippen molar-refractivity contribution >= 4 is 34.2 Å². The number of methoxy groups -OCH3 is 2. The first-order valence-electron chi connectivity index (χ1n) is 15.0. The van der Waals surface area contributed by atoms with Gasteiger partial charge in [-0.2, -0.15) is 0 Å². The lowest BCUT2D eigenvalue weighted by molar-refractivity contribution is -0.120. The molecule has 0 aliphatic carbocycles. The zero-order chi connectivity index (χ0) is 32.9. The number of ether oxygens (including phenoxy) is 3. The van der Waals surface area contributed by atoms with Crippen molar-refractivity contribution < 1.29 is 28.6 Å². The number of carbonyl (C=O) groups excluding carboxylic acids is 3. The molecule has 240 valence electrons. The molecule has 6 rings (SSSR count). The summed E-state index contributed by atoms with van der Waals surface area (Å²) in [5.41, 5.74) is 3.68. The minimum absolute atomic E-state index is 0.00270. The van der Waals surface area contributed by atoms with E-state index in [9.17, 15) is 14.4 Å². The number of rotatable bonds is 11. The molecule has 2 amide bonds. The van der Waals surface area contributed by atoms with Crippen molar-refractivity contribution in [3.05, 3.63) is 95.5 Å². The van der Waals surface area contributed by atoms with Crippen LogP contribution in [0.1, 0.15) is 39.7 Å². The topological polar surface area (TPSA) is 162 Å². The zero-order valence-corrected chi connectivity index (χ0v) is 26.1. The van der Waals surface area contributed by atoms with Crippen molar-refractivity contribution in [3.63, 3.8) is 0 Å². The summed E-state index contributed by atoms with van der Waals surface area (Å²) in [5.74, 6) is 1.10. The molecule has 1 aliphatic rings. The maximum absolute atomic E-state index is 13.4. The summed E-state index contributed by atoms with van der Waals surface area (Å²) in [6, 6.07) is 17.7. The number of nitrogens with zero attached hydrogens (tertiary/aromatic N) is 5. The second kappa shape index (κ2) is 13.6. The van der Waals surface area contributed by atoms with Gasteiger partial charge in [-0.05, 0) is 35.7 Å². The van der Waals surface area contributed by atoms with Gasteiger partial charge in [-0.1, -0.05) is 36.4 Å². The van der Waals surface area contributed by atoms with Crippen molar-refractivity contribution in [2.75, 3.05) is 32.8 Å². The van der Waals surface area contributed by atoms with Crippen LogP contribution >= 0.6 is 0 Å². The molecule has 5 aromatic rings. The summed E-state index contributed by atoms with van der Waals surface area (Å²) in [6.45, 7) is -0.0649. The Balaban J connectivity index is 1.08. The van der Waals surface area contributed by atoms with E-state index in [1.165, 1.54) is 11.2 Å². The van der Waals surface area contributed by atoms with Crippen LogP contribution in [0.5, 0.6) is 17.2 Å². The van der Waals surface area contributed by atoms with Gasteiger partial charge in [0, 0.05) is 37.8 Å². The molecule has 0 bridgehead atoms. The van der Waals surface area contributed by atoms with Crippen molar-refractivity contribution in [2.45, 2.75) is 31.7 Å². The average Bonchev–Trinajstić information content (AvgIpc) is 3.53. The van der Waals surface area contributed by atoms with Crippen molar-refractivity contribution in [2.24, 2.45) is 0 Å². The van der Waals surface area contributed by atoms with E-state index in [1.54, 1.807) is 39.5 Å². The van der Waals surface area contributed by atoms with Crippen molar-refractivity contribution in [3.8, 4) is 17.2 Å². The lowest BCUT2D eigenvalue weighted by atomic mass is 10.0. The number of aromatic amines is 1. The predicted molar refractivity (Wildman–Crippen MR) is 172 cm³/mol. The molecule has 1 aliphatic heterocycles. The van der Waals surface area contributed by atoms with E-state index in [1.807, 2.05) is 42.5 Å². The summed E-state index contributed by atoms with van der Waals surface area (Å²) in [6.07, 6.45) is 2.75. The fourth-order valence-corrected chi connectivity index (χ4v) is 5.43. The maximum atomic E-state index is 13.4. The standard InChI is InChI=1S/C34H33N7O6/c1-41-27-13-21(9-11-22(42)15-24-23-16-29(45-2)30(46-3)17-25(23)36-19-35-24)10-12-28(27)47-18-26(34(41)44)37-33(43)32-38-31(39-40-32)14-20-7-5-4-6-8-20/h4-8,10,12-13,16-17,19,26H,9,11,14-15,18H2,1-3H3,(H,37,43)(H,38,39,40). The Kier molecular flexibility index (Phi) is 9.04. The normalized spacial score (nSPS) is 14.2. The number of aryl methyl sites for hydroxylation is 1. The Morgan fingerprint density at radius 2 is 1.81 bits per heavy atom. The first-order valence-corrected chi connectivity index (χ1v) is 15.0. The number of anilines is 1. The van der Waals surface area contributed by atoms with E-state index in [2.05, 4.69) is 30.5 Å². The third kappa shape index (κ3) is 6.88. The molecule has 1 unspecified atom stereocenters. The van der Waals surface area contributed by atoms with E-state index in [0.717, 1.165) is 16.5 Å². The molecule has 13 nitrogen and oxygen atoms in total. The summed E-state index contributed by atoms with van der Waals surface area (Å²) in [7, 11) is 4.72. The number of aromatic nitrogens is 5. The second-order valence-corrected chi connectivity index (χ2v) is 11.1. The van der Waals surface area contributed by atoms with Crippen LogP contribution in [-0.2, 0) is 28.9 Å². The molecule has 1 atom stereocenters. The maximum Gasteiger partial charge on any atom is 0.291 e. The molecule has 0 radical (unpaired) electrons. The van der Waals surface area contributed by atoms with Crippen LogP contribution in [0.25, 0.3) is 10.9 Å². The number of likely N-dealkylation sites (N-methyl/N-ethyl adjacent to an activating group) is 1. The van der Waals surface area contributed by atoms with Crippen LogP contribution in [0.3, 0.4) is 0 Å². The second-order valence-electron chi connectivity index (χ2n) is 11.1. The summed E-state index contributed by atoms with van der Waals surface area (Å²) >= 11 is 0. The number of Topliss-reactive ketones (excluding diaryl/α,β-unsaturated/α-hetero) is 1. The van der Waals surface area contributed by atoms with Crippen LogP contribution in [0.4, 0.5) is 5.69 Å². The smallest absolute Gasteiger partial charge is 0.291 e. The van der Waals surface area contributed by atoms with Gasteiger partial charge in [-0.15, -0.1) is 5.10 Å². The quantitative estimate of drug-likeness (QED) is 0.220. The molecule has 3 aromatic carbocycles. The first-order chi connectivity index (χ1) is 22.8. The van der Waals surface area contributed by atoms with Gasteiger partial charge in [-0.25, -0.2) is 15.0 Å². The highest BCUT2D eigenvalue weighted by Gasteiger charge is 2.32. The third-order valence-corrected chi connectivity index (χ3v) is 7.95. The minimum Gasteiger partial charge on any atom is -0.493 e. The van der Waals surface area contributed by atoms with Crippen LogP contribution in [0.2, 0.25) is 0 Å². The molecule has 13 heteroatoms. The summed E-state index contributed by atoms with van der Waals surface area (Å²) in [4.78, 5) is 53.8. The number of nitrogens with one attached hydrogen (secondary N) is 2. The fourth-order valence-electron chi connectivity index (χ4n) is 5.43. The van der Waals surface area contributed by atoms with Gasteiger partial charge in [0.15, 0.2) is 11.5 Å². The predicted octanol–water partition coefficient (Wildman–Crippen LogP) is 3.25. The number of ketones is 1. The summed E-state index contributed by atoms with van der Waals surface area (Å²) in [5, 5.41) is 10.2. The van der Waals surface area contributed by atoms with E-state index in [0.29, 0.717) is 52.8 Å². The lowest BCUT2D eigenvalue weighted by Gasteiger charge is -2.20. The molecule has 0 fully saturated rings. The fraction of sp³-hybridized carbons (Fsp3) is 0.265. The average molecular weight is 636 g/mol. The molecule has 0 saturated heterocycles. The lowest BCUT2D eigenvalue weighted by Crippen LogP contribution is -2.49. The molecule has 3 heterocycles. The number of benzene rings is 3. The number of fused-ring (bicyclic) bond motifs is 2. The molecule has 0 saturated carbocycles. The van der Waals surface area contributed by atoms with E-state index >= 15 is 0 Å². The molecule has 2 aromatic heterocycles. The van der Waals surface area contributed by atoms with Crippen LogP contribution in [-0.4, -0.2) is 76.7 Å². The SMILES string of the molecule is COc1cc2ncnc(CC(=O)CCc3ccc4c(c3)N(C)C(=O)C(NC(=O)c3n[nH]c(Cc5ccccc5)n3)CO4)c2cc1OC. The van der Waals surface area contributed by atoms with E-state index in [4.69, 9.17) is 14.2 Å². The third-order valence-electron chi connectivity index (χ3n) is 7.95. The Hall–Kier alpha value is -5.85. The van der Waals surface area contributed by atoms with Gasteiger partial charge >= 0.3 is 0 Å². The van der Waals surface area contributed by atoms with E-state index < -0.39 is 11.9 Å². The molecular formula is C34H33N7O6.